The molecular formula is C24H22FN5O3. The van der Waals surface area contributed by atoms with Crippen LogP contribution < -0.4 is 4.74 Å². The van der Waals surface area contributed by atoms with Gasteiger partial charge in [0, 0.05) is 30.3 Å². The van der Waals surface area contributed by atoms with Gasteiger partial charge in [0.15, 0.2) is 5.82 Å². The number of carbonyl (C=O) groups is 1. The predicted octanol–water partition coefficient (Wildman–Crippen LogP) is 4.63. The van der Waals surface area contributed by atoms with Crippen molar-refractivity contribution in [3.63, 3.8) is 0 Å². The summed E-state index contributed by atoms with van der Waals surface area (Å²) in [6, 6.07) is 8.08. The van der Waals surface area contributed by atoms with Gasteiger partial charge in [-0.1, -0.05) is 0 Å². The van der Waals surface area contributed by atoms with Crippen molar-refractivity contribution in [1.82, 2.24) is 24.9 Å². The molecule has 0 radical (unpaired) electrons. The molecule has 1 aromatic carbocycles. The van der Waals surface area contributed by atoms with Gasteiger partial charge in [-0.3, -0.25) is 9.78 Å². The highest BCUT2D eigenvalue weighted by molar-refractivity contribution is 5.78. The number of aliphatic carboxylic acids is 1. The third-order valence-corrected chi connectivity index (χ3v) is 5.92. The van der Waals surface area contributed by atoms with Crippen molar-refractivity contribution in [1.29, 1.82) is 0 Å². The first-order valence-corrected chi connectivity index (χ1v) is 10.9. The molecule has 0 unspecified atom stereocenters. The number of fused-ring (bicyclic) bond motifs is 1. The SMILES string of the molecule is O=C(O)C[C@H]1CC[C@H](Oc2ccc(-c3cnc(-c4nc5cc(F)ccc5[nH]4)cn3)cn2)CC1. The third-order valence-electron chi connectivity index (χ3n) is 5.92. The zero-order chi connectivity index (χ0) is 22.8. The molecule has 168 valence electrons. The van der Waals surface area contributed by atoms with Crippen molar-refractivity contribution < 1.29 is 19.0 Å². The van der Waals surface area contributed by atoms with Crippen LogP contribution in [0.25, 0.3) is 33.8 Å². The molecule has 8 nitrogen and oxygen atoms in total. The quantitative estimate of drug-likeness (QED) is 0.443. The van der Waals surface area contributed by atoms with Gasteiger partial charge < -0.3 is 14.8 Å². The number of carboxylic acids is 1. The zero-order valence-electron chi connectivity index (χ0n) is 17.7. The van der Waals surface area contributed by atoms with E-state index in [0.29, 0.717) is 28.6 Å². The van der Waals surface area contributed by atoms with Crippen molar-refractivity contribution >= 4 is 17.0 Å². The zero-order valence-corrected chi connectivity index (χ0v) is 17.7. The largest absolute Gasteiger partial charge is 0.481 e. The van der Waals surface area contributed by atoms with E-state index in [4.69, 9.17) is 9.84 Å². The third kappa shape index (κ3) is 4.82. The molecule has 3 heterocycles. The van der Waals surface area contributed by atoms with Gasteiger partial charge >= 0.3 is 5.97 Å². The second-order valence-corrected chi connectivity index (χ2v) is 8.28. The first kappa shape index (κ1) is 21.0. The molecule has 0 saturated heterocycles. The van der Waals surface area contributed by atoms with Gasteiger partial charge in [0.2, 0.25) is 5.88 Å². The van der Waals surface area contributed by atoms with Crippen LogP contribution in [0.1, 0.15) is 32.1 Å². The Morgan fingerprint density at radius 2 is 1.82 bits per heavy atom. The highest BCUT2D eigenvalue weighted by atomic mass is 19.1. The predicted molar refractivity (Wildman–Crippen MR) is 119 cm³/mol. The van der Waals surface area contributed by atoms with Crippen molar-refractivity contribution in [2.75, 3.05) is 0 Å². The first-order chi connectivity index (χ1) is 16.0. The Kier molecular flexibility index (Phi) is 5.68. The molecule has 0 spiro atoms. The van der Waals surface area contributed by atoms with Crippen molar-refractivity contribution in [3.05, 3.63) is 54.7 Å². The van der Waals surface area contributed by atoms with E-state index >= 15 is 0 Å². The molecule has 9 heteroatoms. The van der Waals surface area contributed by atoms with E-state index in [1.165, 1.54) is 12.1 Å². The number of hydrogen-bond acceptors (Lipinski definition) is 6. The Morgan fingerprint density at radius 3 is 2.52 bits per heavy atom. The lowest BCUT2D eigenvalue weighted by Crippen LogP contribution is -2.25. The van der Waals surface area contributed by atoms with Crippen LogP contribution in [-0.2, 0) is 4.79 Å². The molecule has 0 amide bonds. The first-order valence-electron chi connectivity index (χ1n) is 10.9. The number of carboxylic acid groups (broad SMARTS) is 1. The van der Waals surface area contributed by atoms with E-state index in [1.807, 2.05) is 12.1 Å². The average Bonchev–Trinajstić information content (AvgIpc) is 3.24. The lowest BCUT2D eigenvalue weighted by molar-refractivity contribution is -0.138. The molecule has 1 saturated carbocycles. The number of rotatable bonds is 6. The van der Waals surface area contributed by atoms with Gasteiger partial charge in [0.1, 0.15) is 17.6 Å². The summed E-state index contributed by atoms with van der Waals surface area (Å²) >= 11 is 0. The summed E-state index contributed by atoms with van der Waals surface area (Å²) in [5, 5.41) is 8.93. The second-order valence-electron chi connectivity index (χ2n) is 8.28. The van der Waals surface area contributed by atoms with Crippen LogP contribution in [0.3, 0.4) is 0 Å². The Bertz CT molecular complexity index is 1270. The molecule has 0 aliphatic heterocycles. The van der Waals surface area contributed by atoms with Gasteiger partial charge in [-0.25, -0.2) is 19.3 Å². The molecular weight excluding hydrogens is 425 g/mol. The topological polar surface area (TPSA) is 114 Å². The van der Waals surface area contributed by atoms with E-state index in [9.17, 15) is 9.18 Å². The van der Waals surface area contributed by atoms with Crippen molar-refractivity contribution in [2.45, 2.75) is 38.2 Å². The van der Waals surface area contributed by atoms with Crippen LogP contribution in [-0.4, -0.2) is 42.1 Å². The molecule has 5 rings (SSSR count). The summed E-state index contributed by atoms with van der Waals surface area (Å²) in [5.74, 6) is 0.225. The summed E-state index contributed by atoms with van der Waals surface area (Å²) < 4.78 is 19.4. The Labute approximate surface area is 188 Å². The lowest BCUT2D eigenvalue weighted by Gasteiger charge is -2.27. The molecule has 1 aliphatic rings. The number of halogens is 1. The fourth-order valence-corrected chi connectivity index (χ4v) is 4.17. The Hall–Kier alpha value is -3.88. The van der Waals surface area contributed by atoms with Crippen molar-refractivity contribution in [3.8, 4) is 28.7 Å². The fourth-order valence-electron chi connectivity index (χ4n) is 4.17. The summed E-state index contributed by atoms with van der Waals surface area (Å²) in [5.41, 5.74) is 3.28. The van der Waals surface area contributed by atoms with Crippen LogP contribution in [0, 0.1) is 11.7 Å². The molecule has 2 N–H and O–H groups in total. The van der Waals surface area contributed by atoms with E-state index in [1.54, 1.807) is 24.7 Å². The number of hydrogen-bond donors (Lipinski definition) is 2. The number of ether oxygens (including phenoxy) is 1. The maximum Gasteiger partial charge on any atom is 0.303 e. The maximum absolute atomic E-state index is 13.4. The number of pyridine rings is 1. The molecule has 0 bridgehead atoms. The fraction of sp³-hybridized carbons (Fsp3) is 0.292. The smallest absolute Gasteiger partial charge is 0.303 e. The van der Waals surface area contributed by atoms with Crippen LogP contribution in [0.5, 0.6) is 5.88 Å². The van der Waals surface area contributed by atoms with Crippen LogP contribution >= 0.6 is 0 Å². The molecule has 33 heavy (non-hydrogen) atoms. The van der Waals surface area contributed by atoms with E-state index in [0.717, 1.165) is 36.8 Å². The molecule has 1 aliphatic carbocycles. The lowest BCUT2D eigenvalue weighted by atomic mass is 9.85. The molecule has 0 atom stereocenters. The normalized spacial score (nSPS) is 18.3. The summed E-state index contributed by atoms with van der Waals surface area (Å²) in [6.45, 7) is 0. The number of nitrogens with zero attached hydrogens (tertiary/aromatic N) is 4. The number of aromatic nitrogens is 5. The summed E-state index contributed by atoms with van der Waals surface area (Å²) in [6.07, 6.45) is 8.63. The second kappa shape index (κ2) is 8.93. The number of aromatic amines is 1. The van der Waals surface area contributed by atoms with E-state index in [2.05, 4.69) is 24.9 Å². The van der Waals surface area contributed by atoms with Crippen LogP contribution in [0.4, 0.5) is 4.39 Å². The number of benzene rings is 1. The van der Waals surface area contributed by atoms with Crippen LogP contribution in [0.2, 0.25) is 0 Å². The summed E-state index contributed by atoms with van der Waals surface area (Å²) in [4.78, 5) is 31.7. The molecule has 4 aromatic rings. The minimum atomic E-state index is -0.735. The maximum atomic E-state index is 13.4. The molecule has 1 fully saturated rings. The minimum Gasteiger partial charge on any atom is -0.481 e. The average molecular weight is 447 g/mol. The van der Waals surface area contributed by atoms with Gasteiger partial charge in [0.25, 0.3) is 0 Å². The number of H-pyrrole nitrogens is 1. The number of imidazole rings is 1. The van der Waals surface area contributed by atoms with E-state index in [-0.39, 0.29) is 24.3 Å². The minimum absolute atomic E-state index is 0.0600. The van der Waals surface area contributed by atoms with Gasteiger partial charge in [-0.15, -0.1) is 0 Å². The highest BCUT2D eigenvalue weighted by Crippen LogP contribution is 2.29. The Morgan fingerprint density at radius 1 is 1.03 bits per heavy atom. The van der Waals surface area contributed by atoms with Crippen LogP contribution in [0.15, 0.2) is 48.9 Å². The number of nitrogens with one attached hydrogen (secondary N) is 1. The van der Waals surface area contributed by atoms with Gasteiger partial charge in [0.05, 0.1) is 29.1 Å². The summed E-state index contributed by atoms with van der Waals surface area (Å²) in [7, 11) is 0. The monoisotopic (exact) mass is 447 g/mol. The standard InChI is InChI=1S/C24H22FN5O3/c25-16-4-7-18-19(10-16)30-24(29-18)21-13-26-20(12-27-21)15-3-8-22(28-11-15)33-17-5-1-14(2-6-17)9-23(31)32/h3-4,7-8,10-14,17H,1-2,5-6,9H2,(H,29,30)(H,31,32)/t14-,17-. The van der Waals surface area contributed by atoms with Crippen molar-refractivity contribution in [2.24, 2.45) is 5.92 Å². The molecule has 3 aromatic heterocycles. The van der Waals surface area contributed by atoms with Gasteiger partial charge in [-0.05, 0) is 49.8 Å². The Balaban J connectivity index is 1.22. The van der Waals surface area contributed by atoms with Gasteiger partial charge in [-0.2, -0.15) is 0 Å². The van der Waals surface area contributed by atoms with E-state index < -0.39 is 5.97 Å². The highest BCUT2D eigenvalue weighted by Gasteiger charge is 2.24.